The third kappa shape index (κ3) is 5.32. The Morgan fingerprint density at radius 2 is 1.97 bits per heavy atom. The summed E-state index contributed by atoms with van der Waals surface area (Å²) >= 11 is 0. The van der Waals surface area contributed by atoms with Gasteiger partial charge in [-0.15, -0.1) is 0 Å². The largest absolute Gasteiger partial charge is 0.379 e. The van der Waals surface area contributed by atoms with Gasteiger partial charge in [-0.1, -0.05) is 36.4 Å². The van der Waals surface area contributed by atoms with Gasteiger partial charge < -0.3 is 9.30 Å². The van der Waals surface area contributed by atoms with Crippen LogP contribution in [-0.2, 0) is 16.1 Å². The van der Waals surface area contributed by atoms with Crippen molar-refractivity contribution in [3.8, 4) is 6.07 Å². The van der Waals surface area contributed by atoms with Crippen molar-refractivity contribution in [2.45, 2.75) is 39.8 Å². The summed E-state index contributed by atoms with van der Waals surface area (Å²) in [4.78, 5) is 35.2. The third-order valence-electron chi connectivity index (χ3n) is 5.64. The number of pyridine rings is 2. The number of ether oxygens (including phenoxy) is 1. The second-order valence-corrected chi connectivity index (χ2v) is 8.65. The van der Waals surface area contributed by atoms with Gasteiger partial charge in [-0.25, -0.2) is 4.98 Å². The average molecular weight is 482 g/mol. The third-order valence-corrected chi connectivity index (χ3v) is 5.64. The number of rotatable bonds is 7. The van der Waals surface area contributed by atoms with Crippen molar-refractivity contribution in [1.82, 2.24) is 14.0 Å². The van der Waals surface area contributed by atoms with Crippen LogP contribution in [0.15, 0.2) is 70.6 Å². The lowest BCUT2D eigenvalue weighted by molar-refractivity contribution is -0.113. The van der Waals surface area contributed by atoms with E-state index in [1.807, 2.05) is 57.2 Å². The first-order valence-electron chi connectivity index (χ1n) is 11.8. The van der Waals surface area contributed by atoms with E-state index >= 15 is 0 Å². The molecular formula is C28H27N5O3. The molecule has 4 aromatic rings. The smallest absolute Gasteiger partial charge is 0.271 e. The predicted octanol–water partition coefficient (Wildman–Crippen LogP) is 3.79. The molecule has 0 aliphatic carbocycles. The molecule has 0 bridgehead atoms. The molecule has 0 spiro atoms. The Labute approximate surface area is 208 Å². The molecule has 0 N–H and O–H groups in total. The van der Waals surface area contributed by atoms with Crippen molar-refractivity contribution < 1.29 is 9.53 Å². The highest BCUT2D eigenvalue weighted by molar-refractivity contribution is 5.92. The van der Waals surface area contributed by atoms with Gasteiger partial charge in [0.25, 0.3) is 11.5 Å². The average Bonchev–Trinajstić information content (AvgIpc) is 2.87. The molecule has 3 aromatic heterocycles. The van der Waals surface area contributed by atoms with E-state index in [9.17, 15) is 14.9 Å². The van der Waals surface area contributed by atoms with E-state index in [4.69, 9.17) is 9.72 Å². The van der Waals surface area contributed by atoms with Crippen molar-refractivity contribution in [2.75, 3.05) is 6.61 Å². The fourth-order valence-electron chi connectivity index (χ4n) is 3.92. The van der Waals surface area contributed by atoms with E-state index in [2.05, 4.69) is 11.1 Å². The first kappa shape index (κ1) is 24.8. The van der Waals surface area contributed by atoms with Crippen LogP contribution in [0.1, 0.15) is 37.0 Å². The van der Waals surface area contributed by atoms with Crippen LogP contribution < -0.4 is 11.0 Å². The first-order chi connectivity index (χ1) is 17.4. The minimum atomic E-state index is -0.518. The van der Waals surface area contributed by atoms with Crippen molar-refractivity contribution in [3.05, 3.63) is 93.3 Å². The Kier molecular flexibility index (Phi) is 7.52. The van der Waals surface area contributed by atoms with E-state index < -0.39 is 5.91 Å². The lowest BCUT2D eigenvalue weighted by Gasteiger charge is -2.14. The van der Waals surface area contributed by atoms with Crippen LogP contribution in [0.25, 0.3) is 22.8 Å². The van der Waals surface area contributed by atoms with Crippen LogP contribution in [0.5, 0.6) is 0 Å². The maximum atomic E-state index is 13.3. The van der Waals surface area contributed by atoms with Crippen LogP contribution >= 0.6 is 0 Å². The Balaban J connectivity index is 1.92. The molecule has 0 saturated carbocycles. The number of amides is 1. The van der Waals surface area contributed by atoms with Gasteiger partial charge in [0.1, 0.15) is 17.4 Å². The molecule has 0 fully saturated rings. The quantitative estimate of drug-likeness (QED) is 0.227. The summed E-state index contributed by atoms with van der Waals surface area (Å²) in [5.41, 5.74) is 2.57. The van der Waals surface area contributed by atoms with E-state index in [0.29, 0.717) is 30.9 Å². The van der Waals surface area contributed by atoms with E-state index in [1.165, 1.54) is 16.5 Å². The molecule has 0 aliphatic heterocycles. The molecule has 1 aromatic carbocycles. The second-order valence-electron chi connectivity index (χ2n) is 8.65. The molecule has 0 aliphatic rings. The number of aromatic nitrogens is 3. The minimum Gasteiger partial charge on any atom is -0.379 e. The van der Waals surface area contributed by atoms with Crippen LogP contribution in [0, 0.1) is 18.3 Å². The van der Waals surface area contributed by atoms with Gasteiger partial charge >= 0.3 is 0 Å². The van der Waals surface area contributed by atoms with Gasteiger partial charge in [0, 0.05) is 25.4 Å². The van der Waals surface area contributed by atoms with Gasteiger partial charge in [0.15, 0.2) is 5.49 Å². The Hall–Kier alpha value is -4.35. The second kappa shape index (κ2) is 10.9. The van der Waals surface area contributed by atoms with Gasteiger partial charge in [-0.05, 0) is 56.5 Å². The molecule has 36 heavy (non-hydrogen) atoms. The number of benzene rings is 1. The van der Waals surface area contributed by atoms with Crippen molar-refractivity contribution >= 4 is 28.7 Å². The lowest BCUT2D eigenvalue weighted by Crippen LogP contribution is -2.30. The molecule has 0 saturated heterocycles. The van der Waals surface area contributed by atoms with Gasteiger partial charge in [0.2, 0.25) is 0 Å². The fraction of sp³-hybridized carbons (Fsp3) is 0.250. The fourth-order valence-corrected chi connectivity index (χ4v) is 3.92. The molecule has 8 nitrogen and oxygen atoms in total. The number of carbonyl (C=O) groups is 1. The van der Waals surface area contributed by atoms with Crippen LogP contribution in [0.2, 0.25) is 0 Å². The van der Waals surface area contributed by atoms with Crippen molar-refractivity contribution in [3.63, 3.8) is 0 Å². The lowest BCUT2D eigenvalue weighted by atomic mass is 10.2. The summed E-state index contributed by atoms with van der Waals surface area (Å²) in [6.07, 6.45) is 5.33. The summed E-state index contributed by atoms with van der Waals surface area (Å²) in [6.45, 7) is 6.61. The maximum Gasteiger partial charge on any atom is 0.271 e. The SMILES string of the molecule is Cc1cccn2c(=O)c3cc(C#N)c(=NC(=O)C=Cc4ccccc4)n(CCCOC(C)C)c3nc12. The molecule has 0 unspecified atom stereocenters. The van der Waals surface area contributed by atoms with Crippen LogP contribution in [0.3, 0.4) is 0 Å². The number of carbonyl (C=O) groups excluding carboxylic acids is 1. The summed E-state index contributed by atoms with van der Waals surface area (Å²) in [5.74, 6) is -0.518. The number of nitrogens with zero attached hydrogens (tertiary/aromatic N) is 5. The van der Waals surface area contributed by atoms with E-state index in [1.54, 1.807) is 22.9 Å². The molecule has 182 valence electrons. The number of hydrogen-bond acceptors (Lipinski definition) is 5. The van der Waals surface area contributed by atoms with E-state index in [0.717, 1.165) is 11.1 Å². The Morgan fingerprint density at radius 3 is 2.69 bits per heavy atom. The molecule has 3 heterocycles. The van der Waals surface area contributed by atoms with Crippen LogP contribution in [0.4, 0.5) is 0 Å². The van der Waals surface area contributed by atoms with E-state index in [-0.39, 0.29) is 28.1 Å². The zero-order valence-electron chi connectivity index (χ0n) is 20.5. The molecule has 8 heteroatoms. The van der Waals surface area contributed by atoms with Gasteiger partial charge in [-0.3, -0.25) is 14.0 Å². The monoisotopic (exact) mass is 481 g/mol. The number of fused-ring (bicyclic) bond motifs is 2. The Bertz CT molecular complexity index is 1620. The highest BCUT2D eigenvalue weighted by atomic mass is 16.5. The summed E-state index contributed by atoms with van der Waals surface area (Å²) < 4.78 is 8.83. The molecular weight excluding hydrogens is 454 g/mol. The zero-order chi connectivity index (χ0) is 25.7. The molecule has 0 radical (unpaired) electrons. The molecule has 0 atom stereocenters. The van der Waals surface area contributed by atoms with Crippen LogP contribution in [-0.4, -0.2) is 32.6 Å². The maximum absolute atomic E-state index is 13.3. The van der Waals surface area contributed by atoms with Gasteiger partial charge in [-0.2, -0.15) is 10.3 Å². The van der Waals surface area contributed by atoms with Crippen molar-refractivity contribution in [1.29, 1.82) is 5.26 Å². The Morgan fingerprint density at radius 1 is 1.19 bits per heavy atom. The number of hydrogen-bond donors (Lipinski definition) is 0. The highest BCUT2D eigenvalue weighted by Crippen LogP contribution is 2.13. The van der Waals surface area contributed by atoms with Crippen molar-refractivity contribution in [2.24, 2.45) is 4.99 Å². The normalized spacial score (nSPS) is 12.1. The number of nitriles is 1. The molecule has 4 rings (SSSR count). The zero-order valence-corrected chi connectivity index (χ0v) is 20.5. The standard InChI is InChI=1S/C28H27N5O3/c1-19(2)36-16-8-15-32-26(30-24(34)13-12-21-10-5-4-6-11-21)22(18-29)17-23-27(32)31-25-20(3)9-7-14-33(25)28(23)35/h4-7,9-14,17,19H,8,15-16H2,1-3H3. The topological polar surface area (TPSA) is 102 Å². The minimum absolute atomic E-state index is 0.0698. The summed E-state index contributed by atoms with van der Waals surface area (Å²) in [5, 5.41) is 10.2. The summed E-state index contributed by atoms with van der Waals surface area (Å²) in [6, 6.07) is 16.6. The summed E-state index contributed by atoms with van der Waals surface area (Å²) in [7, 11) is 0. The molecule has 1 amide bonds. The van der Waals surface area contributed by atoms with Gasteiger partial charge in [0.05, 0.1) is 17.1 Å². The first-order valence-corrected chi connectivity index (χ1v) is 11.8. The predicted molar refractivity (Wildman–Crippen MR) is 138 cm³/mol. The number of aryl methyl sites for hydroxylation is 2. The highest BCUT2D eigenvalue weighted by Gasteiger charge is 2.15.